The second-order valence-electron chi connectivity index (χ2n) is 6.90. The largest absolute Gasteiger partial charge is 0.368 e. The van der Waals surface area contributed by atoms with Gasteiger partial charge >= 0.3 is 0 Å². The van der Waals surface area contributed by atoms with Gasteiger partial charge in [0.1, 0.15) is 0 Å². The van der Waals surface area contributed by atoms with E-state index in [1.54, 1.807) is 0 Å². The molecule has 4 nitrogen and oxygen atoms in total. The standard InChI is InChI=1S/C20H25N3OS/c1-16-18-8-14-25-19(18)7-9-23(16)15-20(24)22-12-10-21(11-13-22)17-5-3-2-4-6-17/h2-6,8,14,16H,7,9-13,15H2,1H3/t16-/m1/s1. The fourth-order valence-electron chi connectivity index (χ4n) is 3.90. The molecule has 2 aliphatic rings. The van der Waals surface area contributed by atoms with Crippen LogP contribution in [0.25, 0.3) is 0 Å². The van der Waals surface area contributed by atoms with Crippen molar-refractivity contribution in [1.82, 2.24) is 9.80 Å². The summed E-state index contributed by atoms with van der Waals surface area (Å²) in [6, 6.07) is 13.1. The summed E-state index contributed by atoms with van der Waals surface area (Å²) >= 11 is 1.85. The molecular weight excluding hydrogens is 330 g/mol. The number of hydrogen-bond acceptors (Lipinski definition) is 4. The first kappa shape index (κ1) is 16.6. The first-order valence-electron chi connectivity index (χ1n) is 9.10. The molecular formula is C20H25N3OS. The fourth-order valence-corrected chi connectivity index (χ4v) is 4.87. The molecule has 2 aliphatic heterocycles. The lowest BCUT2D eigenvalue weighted by atomic mass is 10.0. The number of carbonyl (C=O) groups excluding carboxylic acids is 1. The van der Waals surface area contributed by atoms with Crippen LogP contribution in [0.4, 0.5) is 5.69 Å². The Labute approximate surface area is 153 Å². The minimum atomic E-state index is 0.276. The summed E-state index contributed by atoms with van der Waals surface area (Å²) in [5, 5.41) is 2.18. The monoisotopic (exact) mass is 355 g/mol. The number of anilines is 1. The molecule has 1 atom stereocenters. The summed E-state index contributed by atoms with van der Waals surface area (Å²) in [4.78, 5) is 21.0. The third kappa shape index (κ3) is 3.44. The number of para-hydroxylation sites is 1. The molecule has 4 rings (SSSR count). The first-order valence-corrected chi connectivity index (χ1v) is 9.98. The average Bonchev–Trinajstić information content (AvgIpc) is 3.14. The maximum atomic E-state index is 12.8. The predicted molar refractivity (Wildman–Crippen MR) is 103 cm³/mol. The van der Waals surface area contributed by atoms with Crippen molar-refractivity contribution in [3.8, 4) is 0 Å². The van der Waals surface area contributed by atoms with Gasteiger partial charge in [0.25, 0.3) is 0 Å². The summed E-state index contributed by atoms with van der Waals surface area (Å²) in [6.45, 7) is 7.23. The van der Waals surface area contributed by atoms with Gasteiger partial charge in [-0.25, -0.2) is 0 Å². The number of amides is 1. The van der Waals surface area contributed by atoms with Crippen LogP contribution in [0.2, 0.25) is 0 Å². The molecule has 0 N–H and O–H groups in total. The molecule has 0 saturated carbocycles. The number of rotatable bonds is 3. The van der Waals surface area contributed by atoms with Gasteiger partial charge in [0, 0.05) is 49.3 Å². The summed E-state index contributed by atoms with van der Waals surface area (Å²) in [5.41, 5.74) is 2.67. The van der Waals surface area contributed by atoms with Crippen LogP contribution in [-0.2, 0) is 11.2 Å². The molecule has 0 bridgehead atoms. The van der Waals surface area contributed by atoms with E-state index in [4.69, 9.17) is 0 Å². The topological polar surface area (TPSA) is 26.8 Å². The zero-order chi connectivity index (χ0) is 17.2. The Bertz CT molecular complexity index is 722. The molecule has 0 spiro atoms. The molecule has 0 aliphatic carbocycles. The summed E-state index contributed by atoms with van der Waals surface area (Å²) < 4.78 is 0. The zero-order valence-corrected chi connectivity index (χ0v) is 15.5. The highest BCUT2D eigenvalue weighted by Crippen LogP contribution is 2.32. The lowest BCUT2D eigenvalue weighted by Gasteiger charge is -2.38. The minimum Gasteiger partial charge on any atom is -0.368 e. The quantitative estimate of drug-likeness (QED) is 0.847. The van der Waals surface area contributed by atoms with Crippen molar-refractivity contribution >= 4 is 22.9 Å². The summed E-state index contributed by atoms with van der Waals surface area (Å²) in [5.74, 6) is 0.276. The van der Waals surface area contributed by atoms with E-state index in [1.165, 1.54) is 16.1 Å². The second kappa shape index (κ2) is 7.18. The lowest BCUT2D eigenvalue weighted by molar-refractivity contribution is -0.133. The van der Waals surface area contributed by atoms with Gasteiger partial charge in [-0.2, -0.15) is 0 Å². The molecule has 1 fully saturated rings. The van der Waals surface area contributed by atoms with E-state index in [-0.39, 0.29) is 5.91 Å². The van der Waals surface area contributed by atoms with Gasteiger partial charge in [0.15, 0.2) is 0 Å². The van der Waals surface area contributed by atoms with Crippen molar-refractivity contribution in [2.75, 3.05) is 44.2 Å². The zero-order valence-electron chi connectivity index (χ0n) is 14.7. The van der Waals surface area contributed by atoms with Crippen LogP contribution in [0.15, 0.2) is 41.8 Å². The number of benzene rings is 1. The van der Waals surface area contributed by atoms with E-state index in [9.17, 15) is 4.79 Å². The van der Waals surface area contributed by atoms with E-state index < -0.39 is 0 Å². The van der Waals surface area contributed by atoms with Crippen LogP contribution < -0.4 is 4.90 Å². The van der Waals surface area contributed by atoms with Crippen molar-refractivity contribution in [2.24, 2.45) is 0 Å². The van der Waals surface area contributed by atoms with Crippen molar-refractivity contribution in [3.63, 3.8) is 0 Å². The molecule has 1 aromatic heterocycles. The number of piperazine rings is 1. The normalized spacial score (nSPS) is 21.2. The van der Waals surface area contributed by atoms with Crippen LogP contribution in [0, 0.1) is 0 Å². The second-order valence-corrected chi connectivity index (χ2v) is 7.90. The number of thiophene rings is 1. The average molecular weight is 356 g/mol. The molecule has 1 aromatic carbocycles. The van der Waals surface area contributed by atoms with Crippen molar-refractivity contribution in [2.45, 2.75) is 19.4 Å². The lowest BCUT2D eigenvalue weighted by Crippen LogP contribution is -2.52. The Kier molecular flexibility index (Phi) is 4.77. The Balaban J connectivity index is 1.32. The fraction of sp³-hybridized carbons (Fsp3) is 0.450. The van der Waals surface area contributed by atoms with Gasteiger partial charge in [-0.15, -0.1) is 11.3 Å². The molecule has 1 amide bonds. The molecule has 2 aromatic rings. The molecule has 132 valence electrons. The Morgan fingerprint density at radius 2 is 1.84 bits per heavy atom. The van der Waals surface area contributed by atoms with E-state index >= 15 is 0 Å². The molecule has 0 radical (unpaired) electrons. The summed E-state index contributed by atoms with van der Waals surface area (Å²) in [6.07, 6.45) is 1.08. The molecule has 1 saturated heterocycles. The van der Waals surface area contributed by atoms with Gasteiger partial charge < -0.3 is 9.80 Å². The van der Waals surface area contributed by atoms with Crippen LogP contribution >= 0.6 is 11.3 Å². The number of nitrogens with zero attached hydrogens (tertiary/aromatic N) is 3. The van der Waals surface area contributed by atoms with Crippen LogP contribution in [0.5, 0.6) is 0 Å². The molecule has 0 unspecified atom stereocenters. The van der Waals surface area contributed by atoms with E-state index in [0.29, 0.717) is 12.6 Å². The maximum Gasteiger partial charge on any atom is 0.236 e. The number of hydrogen-bond donors (Lipinski definition) is 0. The summed E-state index contributed by atoms with van der Waals surface area (Å²) in [7, 11) is 0. The third-order valence-electron chi connectivity index (χ3n) is 5.50. The van der Waals surface area contributed by atoms with Crippen LogP contribution in [-0.4, -0.2) is 55.0 Å². The number of carbonyl (C=O) groups is 1. The van der Waals surface area contributed by atoms with E-state index in [2.05, 4.69) is 52.4 Å². The van der Waals surface area contributed by atoms with Crippen molar-refractivity contribution in [3.05, 3.63) is 52.2 Å². The first-order chi connectivity index (χ1) is 12.2. The maximum absolute atomic E-state index is 12.8. The van der Waals surface area contributed by atoms with E-state index in [0.717, 1.165) is 39.1 Å². The van der Waals surface area contributed by atoms with Gasteiger partial charge in [-0.05, 0) is 42.5 Å². The van der Waals surface area contributed by atoms with E-state index in [1.807, 2.05) is 22.3 Å². The van der Waals surface area contributed by atoms with Gasteiger partial charge in [0.05, 0.1) is 6.54 Å². The molecule has 5 heteroatoms. The minimum absolute atomic E-state index is 0.276. The van der Waals surface area contributed by atoms with Crippen LogP contribution in [0.3, 0.4) is 0 Å². The van der Waals surface area contributed by atoms with Crippen LogP contribution in [0.1, 0.15) is 23.4 Å². The van der Waals surface area contributed by atoms with Gasteiger partial charge in [-0.1, -0.05) is 18.2 Å². The SMILES string of the molecule is C[C@@H]1c2ccsc2CCN1CC(=O)N1CCN(c2ccccc2)CC1. The third-order valence-corrected chi connectivity index (χ3v) is 6.49. The predicted octanol–water partition coefficient (Wildman–Crippen LogP) is 3.02. The highest BCUT2D eigenvalue weighted by molar-refractivity contribution is 7.10. The molecule has 3 heterocycles. The molecule has 25 heavy (non-hydrogen) atoms. The van der Waals surface area contributed by atoms with Gasteiger partial charge in [0.2, 0.25) is 5.91 Å². The van der Waals surface area contributed by atoms with Crippen molar-refractivity contribution < 1.29 is 4.79 Å². The highest BCUT2D eigenvalue weighted by atomic mass is 32.1. The van der Waals surface area contributed by atoms with Gasteiger partial charge in [-0.3, -0.25) is 9.69 Å². The van der Waals surface area contributed by atoms with Crippen molar-refractivity contribution in [1.29, 1.82) is 0 Å². The Morgan fingerprint density at radius 1 is 1.08 bits per heavy atom. The Morgan fingerprint density at radius 3 is 2.60 bits per heavy atom. The number of fused-ring (bicyclic) bond motifs is 1. The smallest absolute Gasteiger partial charge is 0.236 e. The Hall–Kier alpha value is -1.85. The highest BCUT2D eigenvalue weighted by Gasteiger charge is 2.28.